The van der Waals surface area contributed by atoms with E-state index in [2.05, 4.69) is 4.90 Å². The largest absolute Gasteiger partial charge is 0.428 e. The first-order valence-electron chi connectivity index (χ1n) is 9.82. The summed E-state index contributed by atoms with van der Waals surface area (Å²) in [6.45, 7) is 4.36. The Labute approximate surface area is 186 Å². The van der Waals surface area contributed by atoms with Gasteiger partial charge >= 0.3 is 6.09 Å². The highest BCUT2D eigenvalue weighted by atomic mass is 35.5. The molecule has 0 aliphatic carbocycles. The molecule has 162 valence electrons. The van der Waals surface area contributed by atoms with Gasteiger partial charge in [-0.2, -0.15) is 0 Å². The number of likely N-dealkylation sites (N-methyl/N-ethyl adjacent to an activating group) is 1. The van der Waals surface area contributed by atoms with Crippen molar-refractivity contribution in [1.29, 1.82) is 0 Å². The second kappa shape index (κ2) is 9.96. The van der Waals surface area contributed by atoms with Gasteiger partial charge in [0.2, 0.25) is 0 Å². The van der Waals surface area contributed by atoms with E-state index < -0.39 is 6.09 Å². The molecule has 3 rings (SSSR count). The molecular formula is C22H26Cl2FN3O2. The molecule has 1 aliphatic rings. The van der Waals surface area contributed by atoms with E-state index in [0.717, 1.165) is 36.2 Å². The van der Waals surface area contributed by atoms with Crippen LogP contribution in [0.15, 0.2) is 36.4 Å². The molecule has 0 bridgehead atoms. The molecule has 0 unspecified atom stereocenters. The fraction of sp³-hybridized carbons (Fsp3) is 0.409. The van der Waals surface area contributed by atoms with Gasteiger partial charge in [0.05, 0.1) is 6.04 Å². The van der Waals surface area contributed by atoms with Gasteiger partial charge in [-0.1, -0.05) is 29.3 Å². The van der Waals surface area contributed by atoms with Crippen molar-refractivity contribution >= 4 is 29.3 Å². The highest BCUT2D eigenvalue weighted by Crippen LogP contribution is 2.30. The van der Waals surface area contributed by atoms with Crippen molar-refractivity contribution in [2.75, 3.05) is 33.7 Å². The molecule has 0 radical (unpaired) electrons. The van der Waals surface area contributed by atoms with Gasteiger partial charge in [-0.25, -0.2) is 9.18 Å². The summed E-state index contributed by atoms with van der Waals surface area (Å²) in [6.07, 6.45) is 0.296. The average Bonchev–Trinajstić information content (AvgIpc) is 2.83. The lowest BCUT2D eigenvalue weighted by Crippen LogP contribution is -2.38. The predicted molar refractivity (Wildman–Crippen MR) is 117 cm³/mol. The van der Waals surface area contributed by atoms with E-state index in [1.165, 1.54) is 17.0 Å². The lowest BCUT2D eigenvalue weighted by molar-refractivity contribution is -0.139. The van der Waals surface area contributed by atoms with Gasteiger partial charge in [0.15, 0.2) is 0 Å². The van der Waals surface area contributed by atoms with Crippen molar-refractivity contribution in [3.63, 3.8) is 0 Å². The van der Waals surface area contributed by atoms with Crippen molar-refractivity contribution in [2.45, 2.75) is 25.9 Å². The fourth-order valence-electron chi connectivity index (χ4n) is 3.67. The van der Waals surface area contributed by atoms with Gasteiger partial charge in [0.1, 0.15) is 5.82 Å². The third kappa shape index (κ3) is 5.85. The van der Waals surface area contributed by atoms with E-state index in [4.69, 9.17) is 28.0 Å². The maximum atomic E-state index is 13.6. The Hall–Kier alpha value is -1.86. The monoisotopic (exact) mass is 453 g/mol. The second-order valence-electron chi connectivity index (χ2n) is 7.74. The molecule has 0 N–H and O–H groups in total. The van der Waals surface area contributed by atoms with Crippen LogP contribution in [0.25, 0.3) is 0 Å². The van der Waals surface area contributed by atoms with Crippen molar-refractivity contribution < 1.29 is 14.0 Å². The Morgan fingerprint density at radius 1 is 1.17 bits per heavy atom. The van der Waals surface area contributed by atoms with E-state index in [1.807, 2.05) is 14.0 Å². The molecule has 1 heterocycles. The zero-order chi connectivity index (χ0) is 21.8. The molecule has 0 saturated carbocycles. The van der Waals surface area contributed by atoms with Gasteiger partial charge < -0.3 is 14.6 Å². The van der Waals surface area contributed by atoms with Crippen LogP contribution in [0.5, 0.6) is 0 Å². The van der Waals surface area contributed by atoms with Gasteiger partial charge in [-0.3, -0.25) is 0 Å². The summed E-state index contributed by atoms with van der Waals surface area (Å²) in [7, 11) is 3.70. The van der Waals surface area contributed by atoms with E-state index in [1.54, 1.807) is 36.4 Å². The molecule has 1 fully saturated rings. The van der Waals surface area contributed by atoms with E-state index in [9.17, 15) is 9.18 Å². The Balaban J connectivity index is 1.75. The minimum atomic E-state index is -0.472. The number of hydroxylamine groups is 2. The molecule has 0 aromatic heterocycles. The maximum absolute atomic E-state index is 13.6. The summed E-state index contributed by atoms with van der Waals surface area (Å²) in [5, 5.41) is 2.75. The molecule has 30 heavy (non-hydrogen) atoms. The molecule has 1 saturated heterocycles. The number of benzene rings is 2. The summed E-state index contributed by atoms with van der Waals surface area (Å²) < 4.78 is 13.6. The Morgan fingerprint density at radius 2 is 1.87 bits per heavy atom. The Kier molecular flexibility index (Phi) is 7.58. The topological polar surface area (TPSA) is 36.0 Å². The van der Waals surface area contributed by atoms with Crippen molar-refractivity contribution in [3.05, 3.63) is 69.0 Å². The molecule has 1 amide bonds. The van der Waals surface area contributed by atoms with E-state index >= 15 is 0 Å². The highest BCUT2D eigenvalue weighted by Gasteiger charge is 2.29. The summed E-state index contributed by atoms with van der Waals surface area (Å²) in [4.78, 5) is 22.3. The lowest BCUT2D eigenvalue weighted by atomic mass is 9.98. The van der Waals surface area contributed by atoms with E-state index in [0.29, 0.717) is 23.1 Å². The van der Waals surface area contributed by atoms with Gasteiger partial charge in [-0.15, -0.1) is 5.06 Å². The minimum Gasteiger partial charge on any atom is -0.350 e. The van der Waals surface area contributed by atoms with Crippen LogP contribution in [0, 0.1) is 12.7 Å². The number of carbonyl (C=O) groups is 1. The summed E-state index contributed by atoms with van der Waals surface area (Å²) in [6, 6.07) is 9.78. The van der Waals surface area contributed by atoms with Crippen molar-refractivity contribution in [1.82, 2.24) is 14.9 Å². The summed E-state index contributed by atoms with van der Waals surface area (Å²) in [5.41, 5.74) is 2.62. The van der Waals surface area contributed by atoms with Crippen LogP contribution in [0.2, 0.25) is 10.0 Å². The molecule has 0 spiro atoms. The first-order valence-corrected chi connectivity index (χ1v) is 10.6. The zero-order valence-corrected chi connectivity index (χ0v) is 18.9. The first-order chi connectivity index (χ1) is 14.2. The van der Waals surface area contributed by atoms with Crippen LogP contribution in [0.4, 0.5) is 9.18 Å². The quantitative estimate of drug-likeness (QED) is 0.628. The third-order valence-corrected chi connectivity index (χ3v) is 5.71. The smallest absolute Gasteiger partial charge is 0.350 e. The number of nitrogens with zero attached hydrogens (tertiary/aromatic N) is 3. The van der Waals surface area contributed by atoms with Gasteiger partial charge in [-0.05, 0) is 74.0 Å². The average molecular weight is 454 g/mol. The number of carbonyl (C=O) groups excluding carboxylic acids is 1. The number of hydrogen-bond acceptors (Lipinski definition) is 4. The van der Waals surface area contributed by atoms with Crippen LogP contribution >= 0.6 is 23.2 Å². The highest BCUT2D eigenvalue weighted by molar-refractivity contribution is 6.34. The number of aryl methyl sites for hydroxylation is 1. The number of rotatable bonds is 4. The lowest BCUT2D eigenvalue weighted by Gasteiger charge is -2.30. The van der Waals surface area contributed by atoms with E-state index in [-0.39, 0.29) is 11.9 Å². The summed E-state index contributed by atoms with van der Waals surface area (Å²) in [5.74, 6) is -0.273. The van der Waals surface area contributed by atoms with Crippen LogP contribution in [0.1, 0.15) is 29.2 Å². The number of amides is 1. The third-order valence-electron chi connectivity index (χ3n) is 5.27. The predicted octanol–water partition coefficient (Wildman–Crippen LogP) is 5.30. The van der Waals surface area contributed by atoms with Crippen LogP contribution < -0.4 is 0 Å². The molecular weight excluding hydrogens is 428 g/mol. The molecule has 2 aromatic carbocycles. The zero-order valence-electron chi connectivity index (χ0n) is 17.4. The fourth-order valence-corrected chi connectivity index (χ4v) is 4.24. The maximum Gasteiger partial charge on any atom is 0.428 e. The Bertz CT molecular complexity index is 892. The standard InChI is InChI=1S/C22H26Cl2FN3O2/c1-15-10-19(25)4-5-20(15)21-6-7-26(2)8-9-28(21)30-22(29)27(3)14-16-11-17(23)13-18(24)12-16/h4-5,10-13,21H,6-9,14H2,1-3H3/t21-/m1/s1. The Morgan fingerprint density at radius 3 is 2.53 bits per heavy atom. The molecule has 2 aromatic rings. The van der Waals surface area contributed by atoms with Crippen LogP contribution in [-0.4, -0.2) is 54.7 Å². The van der Waals surface area contributed by atoms with Crippen LogP contribution in [0.3, 0.4) is 0 Å². The van der Waals surface area contributed by atoms with Crippen molar-refractivity contribution in [3.8, 4) is 0 Å². The number of hydrogen-bond donors (Lipinski definition) is 0. The van der Waals surface area contributed by atoms with Crippen molar-refractivity contribution in [2.24, 2.45) is 0 Å². The molecule has 8 heteroatoms. The van der Waals surface area contributed by atoms with Crippen LogP contribution in [-0.2, 0) is 11.4 Å². The normalized spacial score (nSPS) is 18.1. The second-order valence-corrected chi connectivity index (χ2v) is 8.61. The SMILES string of the molecule is Cc1cc(F)ccc1[C@H]1CCN(C)CCN1OC(=O)N(C)Cc1cc(Cl)cc(Cl)c1. The number of halogens is 3. The van der Waals surface area contributed by atoms with Gasteiger partial charge in [0.25, 0.3) is 0 Å². The molecule has 5 nitrogen and oxygen atoms in total. The minimum absolute atomic E-state index is 0.145. The first kappa shape index (κ1) is 22.8. The molecule has 1 atom stereocenters. The summed E-state index contributed by atoms with van der Waals surface area (Å²) >= 11 is 12.1. The van der Waals surface area contributed by atoms with Gasteiger partial charge in [0, 0.05) is 36.7 Å². The molecule has 1 aliphatic heterocycles.